The molecule has 0 heterocycles. The van der Waals surface area contributed by atoms with Crippen LogP contribution in [0, 0.1) is 5.92 Å². The van der Waals surface area contributed by atoms with Gasteiger partial charge in [-0.15, -0.1) is 0 Å². The maximum atomic E-state index is 10.8. The van der Waals surface area contributed by atoms with Crippen LogP contribution in [0.3, 0.4) is 0 Å². The van der Waals surface area contributed by atoms with Crippen molar-refractivity contribution < 1.29 is 5.11 Å². The third-order valence-electron chi connectivity index (χ3n) is 4.22. The van der Waals surface area contributed by atoms with Crippen molar-refractivity contribution in [2.45, 2.75) is 45.1 Å². The summed E-state index contributed by atoms with van der Waals surface area (Å²) in [6, 6.07) is 16.8. The monoisotopic (exact) mass is 280 g/mol. The zero-order valence-corrected chi connectivity index (χ0v) is 12.9. The Hall–Kier alpha value is -1.60. The van der Waals surface area contributed by atoms with E-state index in [1.165, 1.54) is 24.0 Å². The fourth-order valence-electron chi connectivity index (χ4n) is 3.07. The maximum Gasteiger partial charge on any atom is 0.104 e. The van der Waals surface area contributed by atoms with Crippen LogP contribution in [0.25, 0.3) is 0 Å². The Bertz CT molecular complexity index is 611. The zero-order chi connectivity index (χ0) is 14.8. The second kappa shape index (κ2) is 6.03. The zero-order valence-electron chi connectivity index (χ0n) is 12.9. The molecule has 1 unspecified atom stereocenters. The van der Waals surface area contributed by atoms with Crippen LogP contribution >= 0.6 is 0 Å². The Balaban J connectivity index is 1.89. The molecule has 0 aliphatic heterocycles. The Labute approximate surface area is 127 Å². The molecule has 21 heavy (non-hydrogen) atoms. The third-order valence-corrected chi connectivity index (χ3v) is 4.22. The molecular formula is C20H24O. The minimum Gasteiger partial charge on any atom is -0.384 e. The van der Waals surface area contributed by atoms with Crippen LogP contribution in [0.4, 0.5) is 0 Å². The number of aliphatic hydroxyl groups excluding tert-OH is 1. The highest BCUT2D eigenvalue weighted by Crippen LogP contribution is 2.43. The highest BCUT2D eigenvalue weighted by molar-refractivity contribution is 5.40. The molecule has 110 valence electrons. The molecule has 1 nitrogen and oxygen atoms in total. The van der Waals surface area contributed by atoms with E-state index in [9.17, 15) is 5.11 Å². The molecule has 0 amide bonds. The molecule has 0 radical (unpaired) electrons. The summed E-state index contributed by atoms with van der Waals surface area (Å²) in [6.45, 7) is 4.46. The molecule has 1 aliphatic carbocycles. The van der Waals surface area contributed by atoms with Crippen molar-refractivity contribution in [3.8, 4) is 0 Å². The van der Waals surface area contributed by atoms with Gasteiger partial charge in [-0.05, 0) is 53.4 Å². The normalized spacial score (nSPS) is 16.2. The smallest absolute Gasteiger partial charge is 0.104 e. The largest absolute Gasteiger partial charge is 0.384 e. The van der Waals surface area contributed by atoms with Gasteiger partial charge in [-0.2, -0.15) is 0 Å². The van der Waals surface area contributed by atoms with Gasteiger partial charge in [0.05, 0.1) is 0 Å². The summed E-state index contributed by atoms with van der Waals surface area (Å²) in [6.07, 6.45) is 3.08. The molecule has 1 atom stereocenters. The molecule has 0 bridgehead atoms. The predicted molar refractivity (Wildman–Crippen MR) is 87.5 cm³/mol. The molecule has 2 aromatic rings. The first-order valence-corrected chi connectivity index (χ1v) is 8.01. The minimum atomic E-state index is -0.506. The molecule has 1 heteroatoms. The van der Waals surface area contributed by atoms with Gasteiger partial charge in [0.2, 0.25) is 0 Å². The maximum absolute atomic E-state index is 10.8. The summed E-state index contributed by atoms with van der Waals surface area (Å²) in [5.74, 6) is 1.30. The van der Waals surface area contributed by atoms with Gasteiger partial charge in [-0.3, -0.25) is 0 Å². The lowest BCUT2D eigenvalue weighted by Crippen LogP contribution is -2.04. The second-order valence-corrected chi connectivity index (χ2v) is 6.65. The van der Waals surface area contributed by atoms with Crippen LogP contribution in [0.15, 0.2) is 48.5 Å². The van der Waals surface area contributed by atoms with Crippen molar-refractivity contribution >= 4 is 0 Å². The number of aliphatic hydroxyl groups is 1. The van der Waals surface area contributed by atoms with Crippen LogP contribution in [0.2, 0.25) is 0 Å². The van der Waals surface area contributed by atoms with Crippen molar-refractivity contribution in [2.75, 3.05) is 0 Å². The summed E-state index contributed by atoms with van der Waals surface area (Å²) in [5.41, 5.74) is 4.74. The average molecular weight is 280 g/mol. The van der Waals surface area contributed by atoms with Crippen LogP contribution < -0.4 is 0 Å². The van der Waals surface area contributed by atoms with Crippen LogP contribution in [-0.2, 0) is 6.42 Å². The summed E-state index contributed by atoms with van der Waals surface area (Å²) < 4.78 is 0. The Morgan fingerprint density at radius 1 is 1.05 bits per heavy atom. The molecular weight excluding hydrogens is 256 g/mol. The summed E-state index contributed by atoms with van der Waals surface area (Å²) in [4.78, 5) is 0. The van der Waals surface area contributed by atoms with E-state index in [1.807, 2.05) is 12.1 Å². The van der Waals surface area contributed by atoms with E-state index in [-0.39, 0.29) is 0 Å². The number of hydrogen-bond acceptors (Lipinski definition) is 1. The van der Waals surface area contributed by atoms with Gasteiger partial charge in [0, 0.05) is 0 Å². The van der Waals surface area contributed by atoms with E-state index >= 15 is 0 Å². The predicted octanol–water partition coefficient (Wildman–Crippen LogP) is 4.84. The van der Waals surface area contributed by atoms with E-state index < -0.39 is 6.10 Å². The molecule has 0 aromatic heterocycles. The first-order chi connectivity index (χ1) is 10.1. The Kier molecular flexibility index (Phi) is 4.12. The number of benzene rings is 2. The van der Waals surface area contributed by atoms with Gasteiger partial charge in [-0.25, -0.2) is 0 Å². The third kappa shape index (κ3) is 3.36. The molecule has 1 saturated carbocycles. The molecule has 1 N–H and O–H groups in total. The fourth-order valence-corrected chi connectivity index (χ4v) is 3.07. The SMILES string of the molecule is CC(C)Cc1cccc(C(O)c2ccccc2C2CC2)c1. The lowest BCUT2D eigenvalue weighted by Gasteiger charge is -2.17. The lowest BCUT2D eigenvalue weighted by molar-refractivity contribution is 0.219. The van der Waals surface area contributed by atoms with Crippen LogP contribution in [0.1, 0.15) is 61.0 Å². The van der Waals surface area contributed by atoms with E-state index in [1.54, 1.807) is 0 Å². The van der Waals surface area contributed by atoms with Gasteiger partial charge in [0.15, 0.2) is 0 Å². The Morgan fingerprint density at radius 3 is 2.52 bits per heavy atom. The van der Waals surface area contributed by atoms with Crippen molar-refractivity contribution in [3.05, 3.63) is 70.8 Å². The lowest BCUT2D eigenvalue weighted by atomic mass is 9.92. The van der Waals surface area contributed by atoms with E-state index in [4.69, 9.17) is 0 Å². The summed E-state index contributed by atoms with van der Waals surface area (Å²) in [7, 11) is 0. The van der Waals surface area contributed by atoms with Gasteiger partial charge >= 0.3 is 0 Å². The van der Waals surface area contributed by atoms with E-state index in [2.05, 4.69) is 50.2 Å². The van der Waals surface area contributed by atoms with E-state index in [0.29, 0.717) is 11.8 Å². The first kappa shape index (κ1) is 14.3. The van der Waals surface area contributed by atoms with Gasteiger partial charge < -0.3 is 5.11 Å². The summed E-state index contributed by atoms with van der Waals surface area (Å²) >= 11 is 0. The molecule has 3 rings (SSSR count). The molecule has 2 aromatic carbocycles. The second-order valence-electron chi connectivity index (χ2n) is 6.65. The molecule has 1 aliphatic rings. The number of rotatable bonds is 5. The van der Waals surface area contributed by atoms with Gasteiger partial charge in [-0.1, -0.05) is 62.4 Å². The Morgan fingerprint density at radius 2 is 1.81 bits per heavy atom. The van der Waals surface area contributed by atoms with E-state index in [0.717, 1.165) is 17.5 Å². The van der Waals surface area contributed by atoms with Crippen LogP contribution in [0.5, 0.6) is 0 Å². The highest BCUT2D eigenvalue weighted by atomic mass is 16.3. The average Bonchev–Trinajstić information content (AvgIpc) is 3.31. The van der Waals surface area contributed by atoms with Gasteiger partial charge in [0.25, 0.3) is 0 Å². The van der Waals surface area contributed by atoms with Crippen molar-refractivity contribution in [2.24, 2.45) is 5.92 Å². The molecule has 1 fully saturated rings. The van der Waals surface area contributed by atoms with Crippen molar-refractivity contribution in [3.63, 3.8) is 0 Å². The fraction of sp³-hybridized carbons (Fsp3) is 0.400. The quantitative estimate of drug-likeness (QED) is 0.830. The van der Waals surface area contributed by atoms with Crippen LogP contribution in [-0.4, -0.2) is 5.11 Å². The minimum absolute atomic E-state index is 0.506. The van der Waals surface area contributed by atoms with Gasteiger partial charge in [0.1, 0.15) is 6.10 Å². The van der Waals surface area contributed by atoms with Crippen molar-refractivity contribution in [1.29, 1.82) is 0 Å². The molecule has 0 spiro atoms. The molecule has 0 saturated heterocycles. The number of hydrogen-bond donors (Lipinski definition) is 1. The summed E-state index contributed by atoms with van der Waals surface area (Å²) in [5, 5.41) is 10.8. The topological polar surface area (TPSA) is 20.2 Å². The standard InChI is InChI=1S/C20H24O/c1-14(2)12-15-6-5-7-17(13-15)20(21)19-9-4-3-8-18(19)16-10-11-16/h3-9,13-14,16,20-21H,10-12H2,1-2H3. The highest BCUT2D eigenvalue weighted by Gasteiger charge is 2.27. The first-order valence-electron chi connectivity index (χ1n) is 8.01. The van der Waals surface area contributed by atoms with Crippen molar-refractivity contribution in [1.82, 2.24) is 0 Å².